The first-order chi connectivity index (χ1) is 10.3. The van der Waals surface area contributed by atoms with Crippen molar-refractivity contribution in [1.82, 2.24) is 5.32 Å². The maximum absolute atomic E-state index is 5.96. The molecule has 2 aromatic rings. The molecule has 0 radical (unpaired) electrons. The highest BCUT2D eigenvalue weighted by molar-refractivity contribution is 5.78. The highest BCUT2D eigenvalue weighted by Gasteiger charge is 2.38. The molecule has 3 rings (SSSR count). The quantitative estimate of drug-likeness (QED) is 0.653. The normalized spacial score (nSPS) is 21.0. The molecule has 1 aliphatic carbocycles. The summed E-state index contributed by atoms with van der Waals surface area (Å²) >= 11 is 0. The molecule has 2 atom stereocenters. The lowest BCUT2D eigenvalue weighted by molar-refractivity contribution is 0.843. The van der Waals surface area contributed by atoms with E-state index in [1.54, 1.807) is 0 Å². The van der Waals surface area contributed by atoms with Crippen LogP contribution in [0.2, 0.25) is 0 Å². The van der Waals surface area contributed by atoms with Gasteiger partial charge in [0.2, 0.25) is 0 Å². The summed E-state index contributed by atoms with van der Waals surface area (Å²) in [6.07, 6.45) is 2.06. The zero-order valence-electron chi connectivity index (χ0n) is 12.1. The Balaban J connectivity index is 1.45. The number of rotatable bonds is 5. The van der Waals surface area contributed by atoms with Crippen molar-refractivity contribution >= 4 is 5.96 Å². The fourth-order valence-corrected chi connectivity index (χ4v) is 2.61. The molecule has 21 heavy (non-hydrogen) atoms. The molecule has 1 fully saturated rings. The molecule has 0 amide bonds. The Bertz CT molecular complexity index is 592. The highest BCUT2D eigenvalue weighted by Crippen LogP contribution is 2.40. The van der Waals surface area contributed by atoms with Crippen molar-refractivity contribution in [2.75, 3.05) is 6.54 Å². The zero-order chi connectivity index (χ0) is 14.5. The number of hydrogen-bond acceptors (Lipinski definition) is 1. The standard InChI is InChI=1S/C18H21N3/c19-18(20-12-11-14-7-3-1-4-8-14)21-17-13-16(17)15-9-5-2-6-10-15/h1-10,16-17H,11-13H2,(H3,19,20,21). The van der Waals surface area contributed by atoms with Crippen molar-refractivity contribution in [2.45, 2.75) is 24.8 Å². The largest absolute Gasteiger partial charge is 0.370 e. The summed E-state index contributed by atoms with van der Waals surface area (Å²) in [6, 6.07) is 21.4. The predicted molar refractivity (Wildman–Crippen MR) is 87.4 cm³/mol. The Labute approximate surface area is 125 Å². The van der Waals surface area contributed by atoms with Crippen LogP contribution in [0.1, 0.15) is 23.5 Å². The Hall–Kier alpha value is -2.29. The number of nitrogens with zero attached hydrogens (tertiary/aromatic N) is 1. The van der Waals surface area contributed by atoms with Gasteiger partial charge in [0.15, 0.2) is 5.96 Å². The van der Waals surface area contributed by atoms with Crippen LogP contribution in [0.3, 0.4) is 0 Å². The second-order valence-electron chi connectivity index (χ2n) is 5.51. The smallest absolute Gasteiger partial charge is 0.188 e. The van der Waals surface area contributed by atoms with Crippen LogP contribution in [0.4, 0.5) is 0 Å². The molecule has 0 saturated heterocycles. The Kier molecular flexibility index (Phi) is 4.20. The molecule has 0 heterocycles. The van der Waals surface area contributed by atoms with Gasteiger partial charge in [-0.1, -0.05) is 60.7 Å². The Morgan fingerprint density at radius 3 is 2.43 bits per heavy atom. The average molecular weight is 279 g/mol. The summed E-state index contributed by atoms with van der Waals surface area (Å²) in [5.74, 6) is 1.14. The number of guanidine groups is 1. The summed E-state index contributed by atoms with van der Waals surface area (Å²) in [5.41, 5.74) is 8.63. The first-order valence-corrected chi connectivity index (χ1v) is 7.48. The van der Waals surface area contributed by atoms with Gasteiger partial charge in [-0.15, -0.1) is 0 Å². The second-order valence-corrected chi connectivity index (χ2v) is 5.51. The van der Waals surface area contributed by atoms with E-state index in [0.717, 1.165) is 19.4 Å². The maximum atomic E-state index is 5.96. The van der Waals surface area contributed by atoms with Gasteiger partial charge >= 0.3 is 0 Å². The molecule has 3 N–H and O–H groups in total. The molecule has 0 aliphatic heterocycles. The van der Waals surface area contributed by atoms with Crippen molar-refractivity contribution in [3.63, 3.8) is 0 Å². The van der Waals surface area contributed by atoms with Gasteiger partial charge in [0.05, 0.1) is 0 Å². The Morgan fingerprint density at radius 2 is 1.71 bits per heavy atom. The lowest BCUT2D eigenvalue weighted by Gasteiger charge is -2.05. The first-order valence-electron chi connectivity index (χ1n) is 7.48. The van der Waals surface area contributed by atoms with Crippen LogP contribution < -0.4 is 11.1 Å². The Morgan fingerprint density at radius 1 is 1.05 bits per heavy atom. The van der Waals surface area contributed by atoms with E-state index >= 15 is 0 Å². The van der Waals surface area contributed by atoms with Gasteiger partial charge in [0.25, 0.3) is 0 Å². The van der Waals surface area contributed by atoms with Gasteiger partial charge in [0.1, 0.15) is 0 Å². The van der Waals surface area contributed by atoms with E-state index in [-0.39, 0.29) is 0 Å². The van der Waals surface area contributed by atoms with Crippen LogP contribution in [0.25, 0.3) is 0 Å². The van der Waals surface area contributed by atoms with Crippen molar-refractivity contribution in [3.8, 4) is 0 Å². The molecule has 0 bridgehead atoms. The van der Waals surface area contributed by atoms with Gasteiger partial charge in [-0.2, -0.15) is 0 Å². The van der Waals surface area contributed by atoms with Gasteiger partial charge in [-0.25, -0.2) is 0 Å². The molecule has 0 aromatic heterocycles. The molecule has 1 aliphatic rings. The van der Waals surface area contributed by atoms with Crippen molar-refractivity contribution < 1.29 is 0 Å². The third-order valence-corrected chi connectivity index (χ3v) is 3.88. The number of nitrogens with two attached hydrogens (primary N) is 1. The van der Waals surface area contributed by atoms with Crippen LogP contribution in [0.5, 0.6) is 0 Å². The van der Waals surface area contributed by atoms with Gasteiger partial charge in [-0.3, -0.25) is 4.99 Å². The van der Waals surface area contributed by atoms with Crippen LogP contribution in [-0.2, 0) is 6.42 Å². The van der Waals surface area contributed by atoms with E-state index in [9.17, 15) is 0 Å². The highest BCUT2D eigenvalue weighted by atomic mass is 15.1. The minimum atomic E-state index is 0.438. The second kappa shape index (κ2) is 6.44. The minimum absolute atomic E-state index is 0.438. The lowest BCUT2D eigenvalue weighted by Crippen LogP contribution is -2.34. The number of aliphatic imine (C=N–C) groups is 1. The third-order valence-electron chi connectivity index (χ3n) is 3.88. The third kappa shape index (κ3) is 3.85. The molecular weight excluding hydrogens is 258 g/mol. The minimum Gasteiger partial charge on any atom is -0.370 e. The van der Waals surface area contributed by atoms with E-state index in [1.165, 1.54) is 11.1 Å². The molecule has 0 spiro atoms. The van der Waals surface area contributed by atoms with Crippen molar-refractivity contribution in [2.24, 2.45) is 10.7 Å². The number of nitrogens with one attached hydrogen (secondary N) is 1. The molecule has 3 nitrogen and oxygen atoms in total. The molecule has 1 saturated carbocycles. The van der Waals surface area contributed by atoms with Crippen LogP contribution in [0.15, 0.2) is 65.7 Å². The number of hydrogen-bond donors (Lipinski definition) is 2. The summed E-state index contributed by atoms with van der Waals surface area (Å²) in [7, 11) is 0. The molecule has 108 valence electrons. The molecule has 3 heteroatoms. The summed E-state index contributed by atoms with van der Waals surface area (Å²) in [5, 5.41) is 3.32. The summed E-state index contributed by atoms with van der Waals surface area (Å²) in [4.78, 5) is 4.41. The lowest BCUT2D eigenvalue weighted by atomic mass is 10.1. The fraction of sp³-hybridized carbons (Fsp3) is 0.278. The molecule has 2 unspecified atom stereocenters. The SMILES string of the molecule is NC(=NCCc1ccccc1)NC1CC1c1ccccc1. The average Bonchev–Trinajstić information content (AvgIpc) is 3.28. The monoisotopic (exact) mass is 279 g/mol. The van der Waals surface area contributed by atoms with E-state index in [1.807, 2.05) is 12.1 Å². The molecular formula is C18H21N3. The topological polar surface area (TPSA) is 50.4 Å². The van der Waals surface area contributed by atoms with E-state index in [0.29, 0.717) is 17.9 Å². The summed E-state index contributed by atoms with van der Waals surface area (Å²) < 4.78 is 0. The fourth-order valence-electron chi connectivity index (χ4n) is 2.61. The van der Waals surface area contributed by atoms with Crippen LogP contribution in [0, 0.1) is 0 Å². The first kappa shape index (κ1) is 13.7. The zero-order valence-corrected chi connectivity index (χ0v) is 12.1. The molecule has 2 aromatic carbocycles. The summed E-state index contributed by atoms with van der Waals surface area (Å²) in [6.45, 7) is 0.728. The van der Waals surface area contributed by atoms with Crippen LogP contribution in [-0.4, -0.2) is 18.5 Å². The van der Waals surface area contributed by atoms with Crippen LogP contribution >= 0.6 is 0 Å². The number of benzene rings is 2. The van der Waals surface area contributed by atoms with E-state index in [4.69, 9.17) is 5.73 Å². The van der Waals surface area contributed by atoms with Crippen molar-refractivity contribution in [3.05, 3.63) is 71.8 Å². The van der Waals surface area contributed by atoms with Gasteiger partial charge in [0, 0.05) is 18.5 Å². The van der Waals surface area contributed by atoms with Gasteiger partial charge < -0.3 is 11.1 Å². The van der Waals surface area contributed by atoms with E-state index in [2.05, 4.69) is 58.8 Å². The van der Waals surface area contributed by atoms with E-state index < -0.39 is 0 Å². The predicted octanol–water partition coefficient (Wildman–Crippen LogP) is 2.69. The van der Waals surface area contributed by atoms with Gasteiger partial charge in [-0.05, 0) is 24.0 Å². The maximum Gasteiger partial charge on any atom is 0.188 e. The van der Waals surface area contributed by atoms with Crippen molar-refractivity contribution in [1.29, 1.82) is 0 Å².